The third kappa shape index (κ3) is 13.0. The maximum absolute atomic E-state index is 3.63. The van der Waals surface area contributed by atoms with Gasteiger partial charge in [0.15, 0.2) is 0 Å². The van der Waals surface area contributed by atoms with E-state index in [1.54, 1.807) is 0 Å². The van der Waals surface area contributed by atoms with Crippen LogP contribution in [0.15, 0.2) is 219 Å². The Bertz CT molecular complexity index is 1520. The normalized spacial score (nSPS) is 9.59. The number of hydrogen-bond acceptors (Lipinski definition) is 0. The third-order valence-corrected chi connectivity index (χ3v) is 12.0. The number of halogens is 2. The zero-order valence-corrected chi connectivity index (χ0v) is 32.0. The van der Waals surface area contributed by atoms with E-state index < -0.39 is 15.8 Å². The second-order valence-corrected chi connectivity index (χ2v) is 14.7. The van der Waals surface area contributed by atoms with Crippen molar-refractivity contribution < 1.29 is 44.3 Å². The minimum atomic E-state index is -0.446. The predicted molar refractivity (Wildman–Crippen MR) is 207 cm³/mol. The zero-order valence-electron chi connectivity index (χ0n) is 27.0. The summed E-state index contributed by atoms with van der Waals surface area (Å²) in [5.74, 6) is 0. The topological polar surface area (TPSA) is 0 Å². The largest absolute Gasteiger partial charge is 2.00 e. The molecule has 0 saturated carbocycles. The minimum absolute atomic E-state index is 0. The van der Waals surface area contributed by atoms with Crippen LogP contribution in [0.5, 0.6) is 0 Å². The van der Waals surface area contributed by atoms with E-state index in [0.717, 1.165) is 0 Å². The molecule has 0 fully saturated rings. The van der Waals surface area contributed by atoms with E-state index >= 15 is 0 Å². The van der Waals surface area contributed by atoms with Gasteiger partial charge in [-0.1, -0.05) is 225 Å². The first-order valence-electron chi connectivity index (χ1n) is 15.4. The molecule has 246 valence electrons. The van der Waals surface area contributed by atoms with Gasteiger partial charge in [-0.25, -0.2) is 0 Å². The van der Waals surface area contributed by atoms with Crippen LogP contribution >= 0.6 is 15.8 Å². The number of hydrogen-bond donors (Lipinski definition) is 0. The fourth-order valence-electron chi connectivity index (χ4n) is 4.95. The summed E-state index contributed by atoms with van der Waals surface area (Å²) in [6, 6.07) is 74.7. The van der Waals surface area contributed by atoms with Crippen LogP contribution in [-0.2, 0) is 19.5 Å². The van der Waals surface area contributed by atoms with E-state index in [0.29, 0.717) is 0 Å². The molecule has 0 saturated heterocycles. The Morgan fingerprint density at radius 3 is 0.592 bits per heavy atom. The maximum atomic E-state index is 3.63. The number of rotatable bonds is 7. The molecule has 0 aliphatic rings. The van der Waals surface area contributed by atoms with Crippen LogP contribution in [0.2, 0.25) is 0 Å². The molecule has 0 unspecified atom stereocenters. The van der Waals surface area contributed by atoms with Gasteiger partial charge in [0.2, 0.25) is 0 Å². The molecule has 49 heavy (non-hydrogen) atoms. The summed E-state index contributed by atoms with van der Waals surface area (Å²) in [6.45, 7) is 3.63. The van der Waals surface area contributed by atoms with E-state index in [-0.39, 0.29) is 44.3 Å². The molecule has 0 amide bonds. The summed E-state index contributed by atoms with van der Waals surface area (Å²) in [7, 11) is -0.892. The summed E-state index contributed by atoms with van der Waals surface area (Å²) in [6.07, 6.45) is 1.83. The van der Waals surface area contributed by atoms with Gasteiger partial charge in [0.1, 0.15) is 0 Å². The average molecular weight is 801 g/mol. The van der Waals surface area contributed by atoms with Crippen molar-refractivity contribution in [1.82, 2.24) is 0 Å². The van der Waals surface area contributed by atoms with Gasteiger partial charge < -0.3 is 24.8 Å². The molecule has 0 aromatic heterocycles. The molecule has 0 bridgehead atoms. The van der Waals surface area contributed by atoms with Crippen LogP contribution in [0, 0.1) is 0 Å². The Kier molecular flexibility index (Phi) is 20.0. The van der Waals surface area contributed by atoms with Gasteiger partial charge in [0.25, 0.3) is 0 Å². The molecule has 7 aromatic carbocycles. The van der Waals surface area contributed by atoms with E-state index in [4.69, 9.17) is 0 Å². The molecule has 0 atom stereocenters. The second kappa shape index (κ2) is 23.7. The Hall–Kier alpha value is -3.66. The predicted octanol–water partition coefficient (Wildman–Crippen LogP) is 3.22. The molecule has 0 aliphatic carbocycles. The van der Waals surface area contributed by atoms with Crippen LogP contribution in [0.3, 0.4) is 0 Å². The summed E-state index contributed by atoms with van der Waals surface area (Å²) in [5, 5.41) is 8.39. The van der Waals surface area contributed by atoms with Crippen LogP contribution in [0.1, 0.15) is 5.56 Å². The molecule has 5 heteroatoms. The molecule has 0 radical (unpaired) electrons. The number of benzene rings is 7. The molecule has 0 heterocycles. The molecule has 0 N–H and O–H groups in total. The van der Waals surface area contributed by atoms with E-state index in [9.17, 15) is 0 Å². The van der Waals surface area contributed by atoms with Gasteiger partial charge >= 0.3 is 19.5 Å². The van der Waals surface area contributed by atoms with Crippen LogP contribution in [0.25, 0.3) is 6.08 Å². The Morgan fingerprint density at radius 2 is 0.449 bits per heavy atom. The molecule has 7 rings (SSSR count). The molecule has 0 spiro atoms. The average Bonchev–Trinajstić information content (AvgIpc) is 3.15. The van der Waals surface area contributed by atoms with Gasteiger partial charge in [-0.2, -0.15) is 0 Å². The standard InChI is InChI=1S/2C18H15P.C8H8.2ClH.Ru/c2*1-4-10-16(11-5-1)19(17-12-6-2-7-13-17)18-14-8-3-9-15-18;1-2-8-6-4-3-5-7-8;;;/h2*1-15H;2-7H,1H2;2*1H;/q;;;;;+2/p-2. The Balaban J connectivity index is 0.000000266. The second-order valence-electron chi connectivity index (χ2n) is 10.3. The van der Waals surface area contributed by atoms with Crippen LogP contribution in [0.4, 0.5) is 0 Å². The van der Waals surface area contributed by atoms with Crippen molar-refractivity contribution in [1.29, 1.82) is 0 Å². The Labute approximate surface area is 320 Å². The van der Waals surface area contributed by atoms with Crippen molar-refractivity contribution in [2.24, 2.45) is 0 Å². The fraction of sp³-hybridized carbons (Fsp3) is 0. The van der Waals surface area contributed by atoms with Gasteiger partial charge in [-0.15, -0.1) is 0 Å². The Morgan fingerprint density at radius 1 is 0.286 bits per heavy atom. The minimum Gasteiger partial charge on any atom is -1.00 e. The van der Waals surface area contributed by atoms with E-state index in [2.05, 4.69) is 189 Å². The van der Waals surface area contributed by atoms with Crippen molar-refractivity contribution in [3.05, 3.63) is 224 Å². The zero-order chi connectivity index (χ0) is 31.7. The summed E-state index contributed by atoms with van der Waals surface area (Å²) >= 11 is 0. The molecule has 0 nitrogen and oxygen atoms in total. The summed E-state index contributed by atoms with van der Waals surface area (Å²) in [4.78, 5) is 0. The first-order chi connectivity index (χ1) is 22.8. The first-order valence-corrected chi connectivity index (χ1v) is 18.1. The maximum Gasteiger partial charge on any atom is 2.00 e. The quantitative estimate of drug-likeness (QED) is 0.172. The first kappa shape index (κ1) is 41.5. The summed E-state index contributed by atoms with van der Waals surface area (Å²) in [5.41, 5.74) is 1.17. The van der Waals surface area contributed by atoms with Gasteiger partial charge in [0.05, 0.1) is 0 Å². The van der Waals surface area contributed by atoms with Crippen LogP contribution in [-0.4, -0.2) is 0 Å². The van der Waals surface area contributed by atoms with Gasteiger partial charge in [0, 0.05) is 0 Å². The van der Waals surface area contributed by atoms with Crippen LogP contribution < -0.4 is 56.6 Å². The van der Waals surface area contributed by atoms with Crippen molar-refractivity contribution in [3.63, 3.8) is 0 Å². The van der Waals surface area contributed by atoms with Crippen molar-refractivity contribution in [2.45, 2.75) is 0 Å². The smallest absolute Gasteiger partial charge is 1.00 e. The van der Waals surface area contributed by atoms with Gasteiger partial charge in [-0.3, -0.25) is 0 Å². The van der Waals surface area contributed by atoms with Crippen molar-refractivity contribution >= 4 is 53.7 Å². The molecular weight excluding hydrogens is 762 g/mol. The summed E-state index contributed by atoms with van der Waals surface area (Å²) < 4.78 is 0. The monoisotopic (exact) mass is 800 g/mol. The fourth-order valence-corrected chi connectivity index (χ4v) is 9.56. The van der Waals surface area contributed by atoms with Crippen molar-refractivity contribution in [3.8, 4) is 0 Å². The molecular formula is C44H38Cl2P2Ru. The SMILES string of the molecule is C=Cc1ccccc1.[Cl-].[Cl-].[Ru+2].c1ccc(P(c2ccccc2)c2ccccc2)cc1.c1ccc(P(c2ccccc2)c2ccccc2)cc1. The van der Waals surface area contributed by atoms with Crippen molar-refractivity contribution in [2.75, 3.05) is 0 Å². The molecule has 7 aromatic rings. The van der Waals surface area contributed by atoms with E-state index in [1.165, 1.54) is 37.4 Å². The third-order valence-electron chi connectivity index (χ3n) is 7.12. The molecule has 0 aliphatic heterocycles. The van der Waals surface area contributed by atoms with Gasteiger partial charge in [-0.05, 0) is 53.2 Å². The van der Waals surface area contributed by atoms with E-state index in [1.807, 2.05) is 36.4 Å².